The van der Waals surface area contributed by atoms with Gasteiger partial charge in [-0.2, -0.15) is 0 Å². The lowest BCUT2D eigenvalue weighted by molar-refractivity contribution is -0.119. The number of carbonyl (C=O) groups excluding carboxylic acids is 3. The highest BCUT2D eigenvalue weighted by Gasteiger charge is 2.34. The van der Waals surface area contributed by atoms with Crippen LogP contribution in [0.1, 0.15) is 23.2 Å². The molecular formula is C18H18BrN5O3. The van der Waals surface area contributed by atoms with Crippen molar-refractivity contribution in [2.45, 2.75) is 18.9 Å². The van der Waals surface area contributed by atoms with Gasteiger partial charge in [-0.05, 0) is 49.2 Å². The van der Waals surface area contributed by atoms with Gasteiger partial charge in [-0.3, -0.25) is 20.0 Å². The first-order valence-corrected chi connectivity index (χ1v) is 9.17. The van der Waals surface area contributed by atoms with Gasteiger partial charge in [-0.15, -0.1) is 0 Å². The first-order chi connectivity index (χ1) is 13.0. The molecule has 1 aliphatic heterocycles. The first kappa shape index (κ1) is 18.8. The average molecular weight is 432 g/mol. The minimum Gasteiger partial charge on any atom is -0.323 e. The molecule has 0 saturated carbocycles. The minimum absolute atomic E-state index is 0.283. The summed E-state index contributed by atoms with van der Waals surface area (Å²) in [7, 11) is 0. The van der Waals surface area contributed by atoms with Crippen LogP contribution in [-0.2, 0) is 4.79 Å². The molecule has 140 valence electrons. The number of hydrazine groups is 1. The number of hydrogen-bond acceptors (Lipinski definition) is 4. The molecule has 1 fully saturated rings. The second kappa shape index (κ2) is 8.63. The van der Waals surface area contributed by atoms with Crippen molar-refractivity contribution in [2.24, 2.45) is 0 Å². The molecule has 0 unspecified atom stereocenters. The van der Waals surface area contributed by atoms with Crippen LogP contribution < -0.4 is 16.2 Å². The smallest absolute Gasteiger partial charge is 0.323 e. The van der Waals surface area contributed by atoms with E-state index in [1.165, 1.54) is 11.1 Å². The highest BCUT2D eigenvalue weighted by atomic mass is 79.9. The molecule has 9 heteroatoms. The number of halogens is 1. The van der Waals surface area contributed by atoms with Crippen molar-refractivity contribution in [3.63, 3.8) is 0 Å². The average Bonchev–Trinajstić information content (AvgIpc) is 3.17. The molecule has 2 aromatic rings. The molecule has 1 aromatic heterocycles. The lowest BCUT2D eigenvalue weighted by Crippen LogP contribution is -2.52. The Kier molecular flexibility index (Phi) is 6.02. The van der Waals surface area contributed by atoms with Crippen molar-refractivity contribution < 1.29 is 14.4 Å². The van der Waals surface area contributed by atoms with E-state index in [4.69, 9.17) is 0 Å². The molecule has 1 atom stereocenters. The van der Waals surface area contributed by atoms with Gasteiger partial charge in [0.05, 0.1) is 11.9 Å². The summed E-state index contributed by atoms with van der Waals surface area (Å²) in [5, 5.41) is 2.75. The Bertz CT molecular complexity index is 829. The third-order valence-corrected chi connectivity index (χ3v) is 4.66. The van der Waals surface area contributed by atoms with E-state index in [0.29, 0.717) is 30.6 Å². The van der Waals surface area contributed by atoms with Gasteiger partial charge in [0, 0.05) is 22.8 Å². The molecule has 0 radical (unpaired) electrons. The third-order valence-electron chi connectivity index (χ3n) is 4.13. The van der Waals surface area contributed by atoms with E-state index in [1.54, 1.807) is 42.6 Å². The van der Waals surface area contributed by atoms with Crippen LogP contribution in [0, 0.1) is 0 Å². The van der Waals surface area contributed by atoms with E-state index < -0.39 is 18.0 Å². The molecule has 1 aromatic carbocycles. The van der Waals surface area contributed by atoms with Crippen LogP contribution in [0.3, 0.4) is 0 Å². The second-order valence-corrected chi connectivity index (χ2v) is 6.89. The molecule has 4 amide bonds. The Morgan fingerprint density at radius 2 is 1.89 bits per heavy atom. The largest absolute Gasteiger partial charge is 0.336 e. The van der Waals surface area contributed by atoms with Crippen LogP contribution in [0.2, 0.25) is 0 Å². The number of anilines is 1. The zero-order valence-electron chi connectivity index (χ0n) is 14.3. The summed E-state index contributed by atoms with van der Waals surface area (Å²) in [6.07, 6.45) is 4.41. The Labute approximate surface area is 164 Å². The lowest BCUT2D eigenvalue weighted by atomic mass is 10.2. The number of nitrogens with one attached hydrogen (secondary N) is 3. The van der Waals surface area contributed by atoms with Crippen molar-refractivity contribution in [3.05, 3.63) is 58.8 Å². The third kappa shape index (κ3) is 4.82. The number of rotatable bonds is 3. The molecule has 3 N–H and O–H groups in total. The predicted octanol–water partition coefficient (Wildman–Crippen LogP) is 2.30. The molecule has 1 aliphatic rings. The van der Waals surface area contributed by atoms with Crippen molar-refractivity contribution in [2.75, 3.05) is 11.9 Å². The van der Waals surface area contributed by atoms with E-state index in [-0.39, 0.29) is 5.91 Å². The standard InChI is InChI=1S/C18H18BrN5O3/c19-13-7-5-12(6-8-13)16(25)22-23-18(27)24-10-2-4-15(24)17(26)21-14-3-1-9-20-11-14/h1,3,5-9,11,15H,2,4,10H2,(H,21,26)(H,22,25)(H,23,27)/t15-/m0/s1. The number of hydrogen-bond donors (Lipinski definition) is 3. The van der Waals surface area contributed by atoms with Crippen LogP contribution >= 0.6 is 15.9 Å². The van der Waals surface area contributed by atoms with Crippen molar-refractivity contribution in [1.82, 2.24) is 20.7 Å². The van der Waals surface area contributed by atoms with Gasteiger partial charge in [0.1, 0.15) is 6.04 Å². The maximum atomic E-state index is 12.5. The Morgan fingerprint density at radius 1 is 1.11 bits per heavy atom. The maximum Gasteiger partial charge on any atom is 0.336 e. The number of pyridine rings is 1. The first-order valence-electron chi connectivity index (χ1n) is 8.38. The minimum atomic E-state index is -0.602. The molecule has 27 heavy (non-hydrogen) atoms. The quantitative estimate of drug-likeness (QED) is 0.648. The number of nitrogens with zero attached hydrogens (tertiary/aromatic N) is 2. The van der Waals surface area contributed by atoms with Crippen molar-refractivity contribution in [1.29, 1.82) is 0 Å². The number of likely N-dealkylation sites (tertiary alicyclic amines) is 1. The van der Waals surface area contributed by atoms with E-state index in [0.717, 1.165) is 4.47 Å². The summed E-state index contributed by atoms with van der Waals surface area (Å²) in [4.78, 5) is 42.3. The van der Waals surface area contributed by atoms with Gasteiger partial charge in [0.15, 0.2) is 0 Å². The fraction of sp³-hybridized carbons (Fsp3) is 0.222. The van der Waals surface area contributed by atoms with Gasteiger partial charge in [-0.1, -0.05) is 15.9 Å². The SMILES string of the molecule is O=C(NNC(=O)N1CCC[C@H]1C(=O)Nc1cccnc1)c1ccc(Br)cc1. The Balaban J connectivity index is 1.56. The number of carbonyl (C=O) groups is 3. The van der Waals surface area contributed by atoms with Crippen molar-refractivity contribution >= 4 is 39.5 Å². The highest BCUT2D eigenvalue weighted by Crippen LogP contribution is 2.19. The maximum absolute atomic E-state index is 12.5. The van der Waals surface area contributed by atoms with Crippen LogP contribution in [0.4, 0.5) is 10.5 Å². The Hall–Kier alpha value is -2.94. The fourth-order valence-corrected chi connectivity index (χ4v) is 3.06. The summed E-state index contributed by atoms with van der Waals surface area (Å²) in [6.45, 7) is 0.436. The molecule has 8 nitrogen and oxygen atoms in total. The molecule has 0 bridgehead atoms. The normalized spacial score (nSPS) is 15.9. The van der Waals surface area contributed by atoms with Gasteiger partial charge >= 0.3 is 6.03 Å². The molecule has 2 heterocycles. The zero-order valence-corrected chi connectivity index (χ0v) is 15.9. The molecule has 0 spiro atoms. The molecule has 0 aliphatic carbocycles. The summed E-state index contributed by atoms with van der Waals surface area (Å²) in [5.41, 5.74) is 5.71. The van der Waals surface area contributed by atoms with E-state index in [1.807, 2.05) is 0 Å². The second-order valence-electron chi connectivity index (χ2n) is 5.97. The molecule has 1 saturated heterocycles. The number of benzene rings is 1. The van der Waals surface area contributed by atoms with E-state index >= 15 is 0 Å². The highest BCUT2D eigenvalue weighted by molar-refractivity contribution is 9.10. The zero-order chi connectivity index (χ0) is 19.2. The number of amides is 4. The van der Waals surface area contributed by atoms with Gasteiger partial charge in [0.25, 0.3) is 5.91 Å². The number of aromatic nitrogens is 1. The van der Waals surface area contributed by atoms with E-state index in [9.17, 15) is 14.4 Å². The predicted molar refractivity (Wildman–Crippen MR) is 103 cm³/mol. The van der Waals surface area contributed by atoms with E-state index in [2.05, 4.69) is 37.1 Å². The van der Waals surface area contributed by atoms with Gasteiger partial charge in [0.2, 0.25) is 5.91 Å². The van der Waals surface area contributed by atoms with Crippen LogP contribution in [0.15, 0.2) is 53.3 Å². The summed E-state index contributed by atoms with van der Waals surface area (Å²) >= 11 is 3.30. The van der Waals surface area contributed by atoms with Gasteiger partial charge < -0.3 is 10.2 Å². The van der Waals surface area contributed by atoms with Gasteiger partial charge in [-0.25, -0.2) is 10.2 Å². The van der Waals surface area contributed by atoms with Crippen LogP contribution in [0.5, 0.6) is 0 Å². The molecule has 3 rings (SSSR count). The Morgan fingerprint density at radius 3 is 2.59 bits per heavy atom. The lowest BCUT2D eigenvalue weighted by Gasteiger charge is -2.24. The molecular weight excluding hydrogens is 414 g/mol. The monoisotopic (exact) mass is 431 g/mol. The van der Waals surface area contributed by atoms with Crippen LogP contribution in [-0.4, -0.2) is 40.3 Å². The summed E-state index contributed by atoms with van der Waals surface area (Å²) in [6, 6.07) is 9.04. The van der Waals surface area contributed by atoms with Crippen LogP contribution in [0.25, 0.3) is 0 Å². The summed E-state index contributed by atoms with van der Waals surface area (Å²) in [5.74, 6) is -0.721. The topological polar surface area (TPSA) is 103 Å². The fourth-order valence-electron chi connectivity index (χ4n) is 2.80. The summed E-state index contributed by atoms with van der Waals surface area (Å²) < 4.78 is 0.850. The number of urea groups is 1. The van der Waals surface area contributed by atoms with Crippen molar-refractivity contribution in [3.8, 4) is 0 Å².